The number of aryl methyl sites for hydroxylation is 1. The van der Waals surface area contributed by atoms with Crippen LogP contribution in [0.1, 0.15) is 24.3 Å². The third-order valence-corrected chi connectivity index (χ3v) is 3.94. The fraction of sp³-hybridized carbons (Fsp3) is 0.667. The molecule has 0 aliphatic heterocycles. The van der Waals surface area contributed by atoms with Crippen LogP contribution in [0.5, 0.6) is 0 Å². The standard InChI is InChI=1S/C9H14N2O3S/c1-7-9(14-6-10-7)4-11-15(12,13)5-8-2-3-8/h6,8,11H,2-5H2,1H3. The number of oxazole rings is 1. The summed E-state index contributed by atoms with van der Waals surface area (Å²) in [6, 6.07) is 0. The predicted octanol–water partition coefficient (Wildman–Crippen LogP) is 0.812. The van der Waals surface area contributed by atoms with Crippen LogP contribution in [-0.2, 0) is 16.6 Å². The van der Waals surface area contributed by atoms with E-state index in [-0.39, 0.29) is 12.3 Å². The molecule has 1 aromatic rings. The fourth-order valence-electron chi connectivity index (χ4n) is 1.33. The molecular formula is C9H14N2O3S. The van der Waals surface area contributed by atoms with Crippen LogP contribution < -0.4 is 4.72 Å². The van der Waals surface area contributed by atoms with E-state index >= 15 is 0 Å². The molecule has 0 spiro atoms. The molecule has 1 aliphatic carbocycles. The van der Waals surface area contributed by atoms with E-state index in [9.17, 15) is 8.42 Å². The molecule has 1 saturated carbocycles. The lowest BCUT2D eigenvalue weighted by molar-refractivity contribution is 0.491. The summed E-state index contributed by atoms with van der Waals surface area (Å²) in [5.74, 6) is 1.17. The molecule has 84 valence electrons. The van der Waals surface area contributed by atoms with Gasteiger partial charge in [0.25, 0.3) is 0 Å². The van der Waals surface area contributed by atoms with E-state index < -0.39 is 10.0 Å². The zero-order valence-corrected chi connectivity index (χ0v) is 9.38. The van der Waals surface area contributed by atoms with E-state index in [1.54, 1.807) is 6.92 Å². The van der Waals surface area contributed by atoms with Crippen LogP contribution in [0.15, 0.2) is 10.8 Å². The molecule has 0 saturated heterocycles. The second kappa shape index (κ2) is 3.94. The monoisotopic (exact) mass is 230 g/mol. The van der Waals surface area contributed by atoms with Crippen molar-refractivity contribution in [2.24, 2.45) is 5.92 Å². The maximum Gasteiger partial charge on any atom is 0.212 e. The van der Waals surface area contributed by atoms with Gasteiger partial charge in [0.2, 0.25) is 10.0 Å². The molecule has 1 aromatic heterocycles. The van der Waals surface area contributed by atoms with Crippen LogP contribution in [0.25, 0.3) is 0 Å². The molecule has 0 amide bonds. The molecule has 1 fully saturated rings. The van der Waals surface area contributed by atoms with Crippen molar-refractivity contribution in [3.05, 3.63) is 17.8 Å². The fourth-order valence-corrected chi connectivity index (χ4v) is 2.75. The number of aromatic nitrogens is 1. The number of hydrogen-bond acceptors (Lipinski definition) is 4. The van der Waals surface area contributed by atoms with Crippen molar-refractivity contribution in [3.63, 3.8) is 0 Å². The Kier molecular flexibility index (Phi) is 2.79. The number of nitrogens with one attached hydrogen (secondary N) is 1. The molecule has 1 N–H and O–H groups in total. The van der Waals surface area contributed by atoms with Gasteiger partial charge in [-0.15, -0.1) is 0 Å². The number of rotatable bonds is 5. The average molecular weight is 230 g/mol. The molecule has 1 aliphatic rings. The van der Waals surface area contributed by atoms with Crippen molar-refractivity contribution in [3.8, 4) is 0 Å². The summed E-state index contributed by atoms with van der Waals surface area (Å²) >= 11 is 0. The maximum absolute atomic E-state index is 11.5. The van der Waals surface area contributed by atoms with Crippen LogP contribution in [-0.4, -0.2) is 19.2 Å². The van der Waals surface area contributed by atoms with Crippen LogP contribution in [0.2, 0.25) is 0 Å². The van der Waals surface area contributed by atoms with Gasteiger partial charge >= 0.3 is 0 Å². The van der Waals surface area contributed by atoms with Crippen molar-refractivity contribution in [1.82, 2.24) is 9.71 Å². The third-order valence-electron chi connectivity index (χ3n) is 2.45. The zero-order valence-electron chi connectivity index (χ0n) is 8.56. The molecule has 1 heterocycles. The van der Waals surface area contributed by atoms with Gasteiger partial charge in [0.05, 0.1) is 18.0 Å². The first-order valence-corrected chi connectivity index (χ1v) is 6.58. The molecule has 0 atom stereocenters. The highest BCUT2D eigenvalue weighted by molar-refractivity contribution is 7.89. The zero-order chi connectivity index (χ0) is 10.9. The normalized spacial score (nSPS) is 16.9. The highest BCUT2D eigenvalue weighted by Gasteiger charge is 2.27. The van der Waals surface area contributed by atoms with Crippen LogP contribution >= 0.6 is 0 Å². The molecule has 5 nitrogen and oxygen atoms in total. The lowest BCUT2D eigenvalue weighted by Crippen LogP contribution is -2.26. The Labute approximate surface area is 88.9 Å². The third kappa shape index (κ3) is 3.04. The Hall–Kier alpha value is -0.880. The second-order valence-corrected chi connectivity index (χ2v) is 5.76. The van der Waals surface area contributed by atoms with Gasteiger partial charge in [-0.1, -0.05) is 0 Å². The lowest BCUT2D eigenvalue weighted by Gasteiger charge is -2.03. The second-order valence-electron chi connectivity index (χ2n) is 3.91. The Morgan fingerprint density at radius 2 is 2.33 bits per heavy atom. The first kappa shape index (κ1) is 10.6. The van der Waals surface area contributed by atoms with Crippen molar-refractivity contribution < 1.29 is 12.8 Å². The van der Waals surface area contributed by atoms with Gasteiger partial charge in [0, 0.05) is 0 Å². The van der Waals surface area contributed by atoms with Gasteiger partial charge in [0.15, 0.2) is 6.39 Å². The Morgan fingerprint density at radius 3 is 2.87 bits per heavy atom. The van der Waals surface area contributed by atoms with E-state index in [2.05, 4.69) is 9.71 Å². The summed E-state index contributed by atoms with van der Waals surface area (Å²) in [6.45, 7) is 1.98. The Morgan fingerprint density at radius 1 is 1.60 bits per heavy atom. The minimum Gasteiger partial charge on any atom is -0.447 e. The van der Waals surface area contributed by atoms with Gasteiger partial charge in [-0.2, -0.15) is 0 Å². The van der Waals surface area contributed by atoms with Gasteiger partial charge in [0.1, 0.15) is 5.76 Å². The predicted molar refractivity (Wildman–Crippen MR) is 54.6 cm³/mol. The quantitative estimate of drug-likeness (QED) is 0.812. The van der Waals surface area contributed by atoms with E-state index in [0.29, 0.717) is 11.7 Å². The smallest absolute Gasteiger partial charge is 0.212 e. The highest BCUT2D eigenvalue weighted by atomic mass is 32.2. The maximum atomic E-state index is 11.5. The summed E-state index contributed by atoms with van der Waals surface area (Å²) in [5.41, 5.74) is 0.726. The molecule has 15 heavy (non-hydrogen) atoms. The van der Waals surface area contributed by atoms with Gasteiger partial charge in [-0.25, -0.2) is 18.1 Å². The molecular weight excluding hydrogens is 216 g/mol. The van der Waals surface area contributed by atoms with Gasteiger partial charge in [-0.3, -0.25) is 0 Å². The summed E-state index contributed by atoms with van der Waals surface area (Å²) in [4.78, 5) is 3.89. The largest absolute Gasteiger partial charge is 0.447 e. The first-order valence-electron chi connectivity index (χ1n) is 4.93. The summed E-state index contributed by atoms with van der Waals surface area (Å²) in [5, 5.41) is 0. The number of sulfonamides is 1. The van der Waals surface area contributed by atoms with E-state index in [1.807, 2.05) is 0 Å². The van der Waals surface area contributed by atoms with Crippen LogP contribution in [0, 0.1) is 12.8 Å². The minimum absolute atomic E-state index is 0.195. The SMILES string of the molecule is Cc1ncoc1CNS(=O)(=O)CC1CC1. The van der Waals surface area contributed by atoms with Gasteiger partial charge in [-0.05, 0) is 25.7 Å². The van der Waals surface area contributed by atoms with E-state index in [1.165, 1.54) is 6.39 Å². The minimum atomic E-state index is -3.15. The first-order chi connectivity index (χ1) is 7.07. The topological polar surface area (TPSA) is 72.2 Å². The average Bonchev–Trinajstić information content (AvgIpc) is 2.84. The Bertz CT molecular complexity index is 434. The summed E-state index contributed by atoms with van der Waals surface area (Å²) in [6.07, 6.45) is 3.38. The molecule has 0 unspecified atom stereocenters. The lowest BCUT2D eigenvalue weighted by atomic mass is 10.4. The molecule has 0 bridgehead atoms. The van der Waals surface area contributed by atoms with Crippen molar-refractivity contribution in [2.45, 2.75) is 26.3 Å². The van der Waals surface area contributed by atoms with Crippen LogP contribution in [0.4, 0.5) is 0 Å². The highest BCUT2D eigenvalue weighted by Crippen LogP contribution is 2.29. The van der Waals surface area contributed by atoms with Gasteiger partial charge < -0.3 is 4.42 Å². The molecule has 0 radical (unpaired) electrons. The Balaban J connectivity index is 1.89. The molecule has 0 aromatic carbocycles. The number of hydrogen-bond donors (Lipinski definition) is 1. The van der Waals surface area contributed by atoms with Crippen molar-refractivity contribution in [2.75, 3.05) is 5.75 Å². The number of nitrogens with zero attached hydrogens (tertiary/aromatic N) is 1. The van der Waals surface area contributed by atoms with Crippen LogP contribution in [0.3, 0.4) is 0 Å². The van der Waals surface area contributed by atoms with Crippen molar-refractivity contribution >= 4 is 10.0 Å². The van der Waals surface area contributed by atoms with Crippen molar-refractivity contribution in [1.29, 1.82) is 0 Å². The van der Waals surface area contributed by atoms with E-state index in [4.69, 9.17) is 4.42 Å². The molecule has 2 rings (SSSR count). The van der Waals surface area contributed by atoms with E-state index in [0.717, 1.165) is 18.5 Å². The summed E-state index contributed by atoms with van der Waals surface area (Å²) in [7, 11) is -3.15. The molecule has 6 heteroatoms. The summed E-state index contributed by atoms with van der Waals surface area (Å²) < 4.78 is 30.6.